The zero-order valence-corrected chi connectivity index (χ0v) is 16.0. The van der Waals surface area contributed by atoms with Gasteiger partial charge >= 0.3 is 0 Å². The van der Waals surface area contributed by atoms with E-state index in [-0.39, 0.29) is 22.7 Å². The molecule has 0 fully saturated rings. The molecule has 0 saturated carbocycles. The summed E-state index contributed by atoms with van der Waals surface area (Å²) in [6.07, 6.45) is 3.30. The predicted molar refractivity (Wildman–Crippen MR) is 120 cm³/mol. The number of nitrogen functional groups attached to an aromatic ring is 4. The van der Waals surface area contributed by atoms with Crippen LogP contribution < -0.4 is 22.9 Å². The first-order valence-electron chi connectivity index (χ1n) is 9.22. The van der Waals surface area contributed by atoms with Crippen molar-refractivity contribution in [1.29, 1.82) is 0 Å². The lowest BCUT2D eigenvalue weighted by Crippen LogP contribution is -2.13. The molecule has 0 spiro atoms. The van der Waals surface area contributed by atoms with Crippen LogP contribution in [0.4, 0.5) is 22.7 Å². The number of aromatic nitrogens is 2. The Hall–Kier alpha value is -4.39. The molecule has 0 radical (unpaired) electrons. The van der Waals surface area contributed by atoms with E-state index >= 15 is 0 Å². The van der Waals surface area contributed by atoms with E-state index in [1.54, 1.807) is 54.9 Å². The summed E-state index contributed by atoms with van der Waals surface area (Å²) in [4.78, 5) is 22.5. The lowest BCUT2D eigenvalue weighted by Gasteiger charge is -2.19. The highest BCUT2D eigenvalue weighted by atomic mass is 16.1. The summed E-state index contributed by atoms with van der Waals surface area (Å²) >= 11 is 0. The van der Waals surface area contributed by atoms with Crippen LogP contribution in [0.5, 0.6) is 0 Å². The highest BCUT2D eigenvalue weighted by Crippen LogP contribution is 2.41. The molecule has 0 bridgehead atoms. The maximum atomic E-state index is 13.6. The molecule has 8 N–H and O–H groups in total. The zero-order chi connectivity index (χ0) is 21.3. The topological polar surface area (TPSA) is 147 Å². The Morgan fingerprint density at radius 1 is 0.667 bits per heavy atom. The van der Waals surface area contributed by atoms with Gasteiger partial charge in [0.1, 0.15) is 0 Å². The summed E-state index contributed by atoms with van der Waals surface area (Å²) in [5.74, 6) is -0.345. The number of carbonyl (C=O) groups is 1. The standard InChI is InChI=1S/C23H20N6O/c24-13-7-8-14(15(25)11-13)23(30)21-17(27)12-16(26)20(18-5-1-3-9-28-18)22(21)19-6-2-4-10-29-19/h1-12H,24-27H2. The maximum absolute atomic E-state index is 13.6. The van der Waals surface area contributed by atoms with Crippen LogP contribution in [-0.4, -0.2) is 15.8 Å². The second-order valence-corrected chi connectivity index (χ2v) is 6.79. The van der Waals surface area contributed by atoms with Gasteiger partial charge in [-0.25, -0.2) is 0 Å². The number of hydrogen-bond acceptors (Lipinski definition) is 7. The normalized spacial score (nSPS) is 10.7. The molecule has 0 unspecified atom stereocenters. The number of benzene rings is 2. The van der Waals surface area contributed by atoms with E-state index in [0.29, 0.717) is 39.5 Å². The smallest absolute Gasteiger partial charge is 0.197 e. The van der Waals surface area contributed by atoms with Crippen molar-refractivity contribution in [2.75, 3.05) is 22.9 Å². The van der Waals surface area contributed by atoms with Gasteiger partial charge in [-0.05, 0) is 48.5 Å². The lowest BCUT2D eigenvalue weighted by atomic mass is 9.88. The van der Waals surface area contributed by atoms with Gasteiger partial charge in [-0.1, -0.05) is 12.1 Å². The fourth-order valence-electron chi connectivity index (χ4n) is 3.45. The monoisotopic (exact) mass is 396 g/mol. The van der Waals surface area contributed by atoms with Crippen LogP contribution in [0.3, 0.4) is 0 Å². The van der Waals surface area contributed by atoms with E-state index in [0.717, 1.165) is 0 Å². The van der Waals surface area contributed by atoms with Crippen molar-refractivity contribution in [3.63, 3.8) is 0 Å². The second-order valence-electron chi connectivity index (χ2n) is 6.79. The second kappa shape index (κ2) is 7.56. The fraction of sp³-hybridized carbons (Fsp3) is 0. The molecule has 0 amide bonds. The molecule has 0 aliphatic heterocycles. The average Bonchev–Trinajstić information content (AvgIpc) is 2.74. The van der Waals surface area contributed by atoms with E-state index in [9.17, 15) is 4.79 Å². The maximum Gasteiger partial charge on any atom is 0.197 e. The molecule has 7 nitrogen and oxygen atoms in total. The Kier molecular flexibility index (Phi) is 4.77. The quantitative estimate of drug-likeness (QED) is 0.305. The molecule has 0 aliphatic carbocycles. The summed E-state index contributed by atoms with van der Waals surface area (Å²) in [6.45, 7) is 0. The molecule has 2 heterocycles. The summed E-state index contributed by atoms with van der Waals surface area (Å²) in [7, 11) is 0. The number of hydrogen-bond donors (Lipinski definition) is 4. The van der Waals surface area contributed by atoms with Crippen LogP contribution in [0.25, 0.3) is 22.5 Å². The highest BCUT2D eigenvalue weighted by molar-refractivity contribution is 6.20. The Labute approximate surface area is 173 Å². The molecule has 0 aliphatic rings. The molecule has 30 heavy (non-hydrogen) atoms. The van der Waals surface area contributed by atoms with Gasteiger partial charge in [0, 0.05) is 51.8 Å². The number of rotatable bonds is 4. The Morgan fingerprint density at radius 3 is 1.87 bits per heavy atom. The first-order valence-corrected chi connectivity index (χ1v) is 9.22. The van der Waals surface area contributed by atoms with Gasteiger partial charge in [0.2, 0.25) is 0 Å². The van der Waals surface area contributed by atoms with E-state index in [4.69, 9.17) is 22.9 Å². The zero-order valence-electron chi connectivity index (χ0n) is 16.0. The molecule has 4 aromatic rings. The van der Waals surface area contributed by atoms with Gasteiger partial charge in [-0.15, -0.1) is 0 Å². The van der Waals surface area contributed by atoms with E-state index in [1.165, 1.54) is 0 Å². The van der Waals surface area contributed by atoms with Crippen molar-refractivity contribution < 1.29 is 4.79 Å². The molecular formula is C23H20N6O. The first kappa shape index (κ1) is 18.9. The number of nitrogens with two attached hydrogens (primary N) is 4. The van der Waals surface area contributed by atoms with Gasteiger partial charge in [-0.3, -0.25) is 14.8 Å². The first-order chi connectivity index (χ1) is 14.5. The van der Waals surface area contributed by atoms with Gasteiger partial charge < -0.3 is 22.9 Å². The molecule has 148 valence electrons. The van der Waals surface area contributed by atoms with E-state index < -0.39 is 0 Å². The van der Waals surface area contributed by atoms with Gasteiger partial charge in [0.15, 0.2) is 5.78 Å². The van der Waals surface area contributed by atoms with E-state index in [1.807, 2.05) is 18.2 Å². The van der Waals surface area contributed by atoms with Crippen LogP contribution in [0.2, 0.25) is 0 Å². The van der Waals surface area contributed by atoms with Gasteiger partial charge in [-0.2, -0.15) is 0 Å². The third kappa shape index (κ3) is 3.29. The minimum absolute atomic E-state index is 0.231. The number of pyridine rings is 2. The lowest BCUT2D eigenvalue weighted by molar-refractivity contribution is 0.104. The molecule has 2 aromatic carbocycles. The van der Waals surface area contributed by atoms with Crippen LogP contribution in [0, 0.1) is 0 Å². The van der Waals surface area contributed by atoms with Crippen molar-refractivity contribution in [2.45, 2.75) is 0 Å². The number of anilines is 4. The van der Waals surface area contributed by atoms with E-state index in [2.05, 4.69) is 9.97 Å². The average molecular weight is 396 g/mol. The van der Waals surface area contributed by atoms with Crippen molar-refractivity contribution in [2.24, 2.45) is 0 Å². The van der Waals surface area contributed by atoms with Gasteiger partial charge in [0.05, 0.1) is 17.0 Å². The SMILES string of the molecule is Nc1ccc(C(=O)c2c(N)cc(N)c(-c3ccccn3)c2-c2ccccn2)c(N)c1. The number of carbonyl (C=O) groups excluding carboxylic acids is 1. The van der Waals surface area contributed by atoms with Crippen molar-refractivity contribution in [3.8, 4) is 22.5 Å². The summed E-state index contributed by atoms with van der Waals surface area (Å²) in [5.41, 5.74) is 28.7. The van der Waals surface area contributed by atoms with Crippen LogP contribution in [-0.2, 0) is 0 Å². The Bertz CT molecular complexity index is 1240. The Morgan fingerprint density at radius 2 is 1.30 bits per heavy atom. The minimum Gasteiger partial charge on any atom is -0.399 e. The molecule has 7 heteroatoms. The predicted octanol–water partition coefficient (Wildman–Crippen LogP) is 3.37. The number of nitrogens with zero attached hydrogens (tertiary/aromatic N) is 2. The molecule has 0 saturated heterocycles. The minimum atomic E-state index is -0.345. The molecular weight excluding hydrogens is 376 g/mol. The molecule has 4 rings (SSSR count). The summed E-state index contributed by atoms with van der Waals surface area (Å²) in [5, 5.41) is 0. The number of ketones is 1. The fourth-order valence-corrected chi connectivity index (χ4v) is 3.45. The van der Waals surface area contributed by atoms with Crippen molar-refractivity contribution in [1.82, 2.24) is 9.97 Å². The van der Waals surface area contributed by atoms with Crippen LogP contribution >= 0.6 is 0 Å². The molecule has 0 atom stereocenters. The third-order valence-electron chi connectivity index (χ3n) is 4.78. The molecule has 2 aromatic heterocycles. The summed E-state index contributed by atoms with van der Waals surface area (Å²) < 4.78 is 0. The Balaban J connectivity index is 2.07. The summed E-state index contributed by atoms with van der Waals surface area (Å²) in [6, 6.07) is 17.2. The van der Waals surface area contributed by atoms with Gasteiger partial charge in [0.25, 0.3) is 0 Å². The van der Waals surface area contributed by atoms with Crippen molar-refractivity contribution in [3.05, 3.63) is 84.2 Å². The largest absolute Gasteiger partial charge is 0.399 e. The van der Waals surface area contributed by atoms with Crippen LogP contribution in [0.15, 0.2) is 73.1 Å². The van der Waals surface area contributed by atoms with Crippen LogP contribution in [0.1, 0.15) is 15.9 Å². The highest BCUT2D eigenvalue weighted by Gasteiger charge is 2.26. The third-order valence-corrected chi connectivity index (χ3v) is 4.78. The van der Waals surface area contributed by atoms with Crippen molar-refractivity contribution >= 4 is 28.5 Å².